The van der Waals surface area contributed by atoms with Crippen LogP contribution in [0.15, 0.2) is 97.1 Å². The molecule has 0 radical (unpaired) electrons. The Kier molecular flexibility index (Phi) is 15.0. The highest BCUT2D eigenvalue weighted by Crippen LogP contribution is 2.36. The van der Waals surface area contributed by atoms with Crippen molar-refractivity contribution in [3.63, 3.8) is 0 Å². The van der Waals surface area contributed by atoms with Crippen molar-refractivity contribution in [2.75, 3.05) is 13.2 Å². The molecule has 0 aromatic heterocycles. The average Bonchev–Trinajstić information content (AvgIpc) is 3.29. The third kappa shape index (κ3) is 10.8. The fourth-order valence-corrected chi connectivity index (χ4v) is 7.64. The van der Waals surface area contributed by atoms with E-state index in [1.54, 1.807) is 36.4 Å². The Bertz CT molecular complexity index is 2400. The van der Waals surface area contributed by atoms with Gasteiger partial charge in [0, 0.05) is 37.1 Å². The quantitative estimate of drug-likeness (QED) is 0.0768. The first-order valence-corrected chi connectivity index (χ1v) is 20.5. The van der Waals surface area contributed by atoms with Crippen LogP contribution < -0.4 is 14.2 Å². The summed E-state index contributed by atoms with van der Waals surface area (Å²) < 4.78 is 33.2. The first-order chi connectivity index (χ1) is 31.5. The van der Waals surface area contributed by atoms with Gasteiger partial charge in [-0.1, -0.05) is 36.4 Å². The smallest absolute Gasteiger partial charge is 0.336 e. The van der Waals surface area contributed by atoms with Crippen molar-refractivity contribution in [2.45, 2.75) is 86.5 Å². The number of benzene rings is 4. The molecule has 2 fully saturated rings. The molecule has 4 aliphatic rings. The van der Waals surface area contributed by atoms with E-state index in [2.05, 4.69) is 0 Å². The van der Waals surface area contributed by atoms with Gasteiger partial charge in [0.1, 0.15) is 83.3 Å². The molecule has 4 aromatic rings. The van der Waals surface area contributed by atoms with Crippen molar-refractivity contribution >= 4 is 23.1 Å². The first-order valence-electron chi connectivity index (χ1n) is 20.5. The highest BCUT2D eigenvalue weighted by atomic mass is 16.7. The Morgan fingerprint density at radius 2 is 0.985 bits per heavy atom. The number of carbonyl (C=O) groups is 2. The van der Waals surface area contributed by atoms with E-state index in [0.29, 0.717) is 33.4 Å². The van der Waals surface area contributed by atoms with Gasteiger partial charge in [-0.25, -0.2) is 9.59 Å². The molecule has 0 aliphatic carbocycles. The van der Waals surface area contributed by atoms with Crippen LogP contribution in [0.5, 0.6) is 34.5 Å². The van der Waals surface area contributed by atoms with Gasteiger partial charge >= 0.3 is 11.9 Å². The van der Waals surface area contributed by atoms with Gasteiger partial charge in [0.2, 0.25) is 6.29 Å². The molecule has 4 aliphatic heterocycles. The van der Waals surface area contributed by atoms with Crippen molar-refractivity contribution < 1.29 is 99.3 Å². The van der Waals surface area contributed by atoms with E-state index >= 15 is 0 Å². The molecule has 0 bridgehead atoms. The maximum absolute atomic E-state index is 12.6. The molecule has 0 amide bonds. The lowest BCUT2D eigenvalue weighted by Crippen LogP contribution is -2.60. The van der Waals surface area contributed by atoms with Gasteiger partial charge in [0.05, 0.1) is 25.4 Å². The normalized spacial score (nSPS) is 31.5. The number of aromatic hydroxyl groups is 3. The zero-order chi connectivity index (χ0) is 47.4. The monoisotopic (exact) mass is 920 g/mol. The van der Waals surface area contributed by atoms with E-state index in [-0.39, 0.29) is 47.3 Å². The molecule has 12 atom stereocenters. The lowest BCUT2D eigenvalue weighted by atomic mass is 9.93. The van der Waals surface area contributed by atoms with E-state index in [0.717, 1.165) is 0 Å². The van der Waals surface area contributed by atoms with Crippen LogP contribution in [0, 0.1) is 0 Å². The van der Waals surface area contributed by atoms with E-state index in [1.165, 1.54) is 60.7 Å². The lowest BCUT2D eigenvalue weighted by Gasteiger charge is -2.41. The molecule has 12 N–H and O–H groups in total. The van der Waals surface area contributed by atoms with Crippen molar-refractivity contribution in [2.24, 2.45) is 0 Å². The van der Waals surface area contributed by atoms with Crippen LogP contribution in [0.3, 0.4) is 0 Å². The zero-order valence-corrected chi connectivity index (χ0v) is 34.6. The van der Waals surface area contributed by atoms with Gasteiger partial charge in [-0.3, -0.25) is 0 Å². The number of phenols is 3. The second-order valence-corrected chi connectivity index (χ2v) is 15.8. The average molecular weight is 921 g/mol. The minimum Gasteiger partial charge on any atom is -0.508 e. The SMILES string of the molecule is O=C1/C=C(/c2ccc(O)cc2)[C@@H](OC2OC(CO)C(O)C(O)C2O)Cc2ccc(O)cc2O1.O=C1/C=C(/c2ccc(O)cc2)[C@H](O)Cc2ccc(OC3OC(CO)C(O)C(O)C3O)cc2O1. The molecular weight excluding hydrogens is 872 g/mol. The van der Waals surface area contributed by atoms with Crippen molar-refractivity contribution in [3.05, 3.63) is 119 Å². The van der Waals surface area contributed by atoms with Crippen molar-refractivity contribution in [1.29, 1.82) is 0 Å². The zero-order valence-electron chi connectivity index (χ0n) is 34.6. The minimum atomic E-state index is -1.64. The maximum atomic E-state index is 12.6. The summed E-state index contributed by atoms with van der Waals surface area (Å²) in [5, 5.41) is 119. The van der Waals surface area contributed by atoms with Crippen LogP contribution >= 0.6 is 0 Å². The number of aliphatic hydroxyl groups excluding tert-OH is 9. The summed E-state index contributed by atoms with van der Waals surface area (Å²) in [6, 6.07) is 20.8. The highest BCUT2D eigenvalue weighted by Gasteiger charge is 2.46. The Morgan fingerprint density at radius 1 is 0.515 bits per heavy atom. The van der Waals surface area contributed by atoms with Crippen LogP contribution in [0.2, 0.25) is 0 Å². The van der Waals surface area contributed by atoms with E-state index < -0.39 is 98.8 Å². The predicted octanol–water partition coefficient (Wildman–Crippen LogP) is -0.695. The Labute approximate surface area is 375 Å². The van der Waals surface area contributed by atoms with Gasteiger partial charge in [0.15, 0.2) is 6.29 Å². The van der Waals surface area contributed by atoms with Gasteiger partial charge < -0.3 is 89.7 Å². The van der Waals surface area contributed by atoms with E-state index in [9.17, 15) is 70.9 Å². The summed E-state index contributed by atoms with van der Waals surface area (Å²) in [4.78, 5) is 25.0. The summed E-state index contributed by atoms with van der Waals surface area (Å²) in [5.41, 5.74) is 2.79. The van der Waals surface area contributed by atoms with Crippen LogP contribution in [0.1, 0.15) is 22.3 Å². The number of carbonyl (C=O) groups excluding carboxylic acids is 2. The molecule has 0 saturated carbocycles. The summed E-state index contributed by atoms with van der Waals surface area (Å²) in [7, 11) is 0. The molecule has 20 nitrogen and oxygen atoms in total. The number of esters is 2. The molecule has 0 spiro atoms. The number of ether oxygens (including phenoxy) is 6. The van der Waals surface area contributed by atoms with E-state index in [4.69, 9.17) is 28.4 Å². The number of fused-ring (bicyclic) bond motifs is 2. The van der Waals surface area contributed by atoms with Crippen LogP contribution in [-0.4, -0.2) is 160 Å². The number of phenolic OH excluding ortho intramolecular Hbond substituents is 3. The number of aliphatic hydroxyl groups is 9. The molecular formula is C46H48O20. The third-order valence-corrected chi connectivity index (χ3v) is 11.2. The Morgan fingerprint density at radius 3 is 1.56 bits per heavy atom. The predicted molar refractivity (Wildman–Crippen MR) is 224 cm³/mol. The Hall–Kier alpha value is -5.98. The topological polar surface area (TPSA) is 332 Å². The number of hydrogen-bond acceptors (Lipinski definition) is 20. The second kappa shape index (κ2) is 20.7. The van der Waals surface area contributed by atoms with Crippen LogP contribution in [-0.2, 0) is 36.6 Å². The molecule has 4 aromatic carbocycles. The van der Waals surface area contributed by atoms with Gasteiger partial charge in [-0.15, -0.1) is 0 Å². The molecule has 4 heterocycles. The molecule has 8 rings (SSSR count). The number of rotatable bonds is 8. The summed E-state index contributed by atoms with van der Waals surface area (Å²) >= 11 is 0. The standard InChI is InChI=1S/2C23H24O10/c24-10-18-20(28)21(29)22(30)23(33-18)32-17-7-12-3-6-14(26)8-16(12)31-19(27)9-15(17)11-1-4-13(25)5-2-11;24-10-18-20(28)21(29)22(30)23(33-18)31-14-6-3-12-7-16(26)15(9-19(27)32-17(12)8-14)11-1-4-13(25)5-2-11/h1-6,8-9,17-18,20-26,28-30H,7,10H2;1-6,8-9,16,18,20-26,28-30H,7,10H2/b2*15-9-/t17-,18?,20?,21?,22?,23?;16-,18?,20?,21?,22?,23?/m01/s1. The summed E-state index contributed by atoms with van der Waals surface area (Å²) in [6.07, 6.45) is -14.0. The first kappa shape index (κ1) is 48.0. The Balaban J connectivity index is 0.000000196. The fourth-order valence-electron chi connectivity index (χ4n) is 7.64. The van der Waals surface area contributed by atoms with Crippen molar-refractivity contribution in [1.82, 2.24) is 0 Å². The second-order valence-electron chi connectivity index (χ2n) is 15.8. The maximum Gasteiger partial charge on any atom is 0.336 e. The molecule has 20 heteroatoms. The largest absolute Gasteiger partial charge is 0.508 e. The number of hydrogen-bond donors (Lipinski definition) is 12. The highest BCUT2D eigenvalue weighted by molar-refractivity contribution is 5.95. The molecule has 352 valence electrons. The summed E-state index contributed by atoms with van der Waals surface area (Å²) in [5.74, 6) is -1.12. The molecule has 10 unspecified atom stereocenters. The third-order valence-electron chi connectivity index (χ3n) is 11.2. The minimum absolute atomic E-state index is 0.0139. The van der Waals surface area contributed by atoms with Crippen LogP contribution in [0.4, 0.5) is 0 Å². The summed E-state index contributed by atoms with van der Waals surface area (Å²) in [6.45, 7) is -1.22. The van der Waals surface area contributed by atoms with Gasteiger partial charge in [-0.2, -0.15) is 0 Å². The fraction of sp³-hybridized carbons (Fsp3) is 0.348. The van der Waals surface area contributed by atoms with Crippen molar-refractivity contribution in [3.8, 4) is 34.5 Å². The molecule has 66 heavy (non-hydrogen) atoms. The van der Waals surface area contributed by atoms with E-state index in [1.807, 2.05) is 0 Å². The lowest BCUT2D eigenvalue weighted by molar-refractivity contribution is -0.306. The van der Waals surface area contributed by atoms with Gasteiger partial charge in [-0.05, 0) is 69.8 Å². The molecule has 2 saturated heterocycles. The van der Waals surface area contributed by atoms with Crippen LogP contribution in [0.25, 0.3) is 11.1 Å². The van der Waals surface area contributed by atoms with Gasteiger partial charge in [0.25, 0.3) is 0 Å².